The number of nitrogens with zero attached hydrogens (tertiary/aromatic N) is 1. The van der Waals surface area contributed by atoms with E-state index in [4.69, 9.17) is 0 Å². The third-order valence-electron chi connectivity index (χ3n) is 3.71. The van der Waals surface area contributed by atoms with Crippen LogP contribution in [-0.2, 0) is 0 Å². The van der Waals surface area contributed by atoms with Crippen LogP contribution in [0, 0.1) is 13.8 Å². The minimum absolute atomic E-state index is 0.258. The lowest BCUT2D eigenvalue weighted by Crippen LogP contribution is -2.40. The Morgan fingerprint density at radius 1 is 1.39 bits per heavy atom. The van der Waals surface area contributed by atoms with Crippen molar-refractivity contribution in [1.82, 2.24) is 5.32 Å². The molecule has 1 aliphatic heterocycles. The van der Waals surface area contributed by atoms with Crippen LogP contribution in [0.15, 0.2) is 18.2 Å². The molecular formula is C15H24N2O. The van der Waals surface area contributed by atoms with Crippen molar-refractivity contribution in [2.75, 3.05) is 31.1 Å². The highest BCUT2D eigenvalue weighted by atomic mass is 16.3. The maximum Gasteiger partial charge on any atom is 0.0451 e. The van der Waals surface area contributed by atoms with Crippen molar-refractivity contribution in [3.63, 3.8) is 0 Å². The molecule has 2 N–H and O–H groups in total. The average molecular weight is 248 g/mol. The Morgan fingerprint density at radius 2 is 2.22 bits per heavy atom. The average Bonchev–Trinajstić information content (AvgIpc) is 2.58. The first kappa shape index (κ1) is 13.4. The number of nitrogens with one attached hydrogen (secondary N) is 1. The largest absolute Gasteiger partial charge is 0.396 e. The van der Waals surface area contributed by atoms with Crippen LogP contribution in [0.1, 0.15) is 24.0 Å². The molecule has 1 aliphatic rings. The molecule has 0 spiro atoms. The van der Waals surface area contributed by atoms with Gasteiger partial charge in [-0.05, 0) is 50.4 Å². The van der Waals surface area contributed by atoms with Gasteiger partial charge in [0.25, 0.3) is 0 Å². The van der Waals surface area contributed by atoms with Crippen molar-refractivity contribution in [2.45, 2.75) is 32.7 Å². The molecule has 2 rings (SSSR count). The Kier molecular flexibility index (Phi) is 4.61. The number of hydrogen-bond acceptors (Lipinski definition) is 3. The van der Waals surface area contributed by atoms with Gasteiger partial charge in [-0.2, -0.15) is 0 Å². The molecular weight excluding hydrogens is 224 g/mol. The first-order valence-electron chi connectivity index (χ1n) is 6.88. The van der Waals surface area contributed by atoms with Gasteiger partial charge in [-0.15, -0.1) is 0 Å². The van der Waals surface area contributed by atoms with E-state index >= 15 is 0 Å². The fourth-order valence-electron chi connectivity index (χ4n) is 2.69. The number of hydrogen-bond donors (Lipinski definition) is 2. The third kappa shape index (κ3) is 3.03. The molecule has 1 unspecified atom stereocenters. The van der Waals surface area contributed by atoms with Gasteiger partial charge < -0.3 is 15.3 Å². The van der Waals surface area contributed by atoms with Crippen LogP contribution in [0.5, 0.6) is 0 Å². The second-order valence-corrected chi connectivity index (χ2v) is 5.21. The lowest BCUT2D eigenvalue weighted by Gasteiger charge is -2.33. The molecule has 1 atom stereocenters. The quantitative estimate of drug-likeness (QED) is 0.857. The van der Waals surface area contributed by atoms with Gasteiger partial charge >= 0.3 is 0 Å². The molecule has 0 saturated carbocycles. The summed E-state index contributed by atoms with van der Waals surface area (Å²) in [6, 6.07) is 7.03. The molecule has 0 radical (unpaired) electrons. The van der Waals surface area contributed by atoms with Crippen molar-refractivity contribution in [3.05, 3.63) is 29.3 Å². The van der Waals surface area contributed by atoms with Gasteiger partial charge in [0.2, 0.25) is 0 Å². The standard InChI is InChI=1S/C15H24N2O/c1-12-4-5-13(2)15(10-12)17-8-3-7-16-11-14(17)6-9-18/h4-5,10,14,16,18H,3,6-9,11H2,1-2H3. The van der Waals surface area contributed by atoms with Gasteiger partial charge in [-0.25, -0.2) is 0 Å². The van der Waals surface area contributed by atoms with E-state index in [0.29, 0.717) is 6.04 Å². The topological polar surface area (TPSA) is 35.5 Å². The molecule has 3 nitrogen and oxygen atoms in total. The molecule has 1 heterocycles. The molecule has 100 valence electrons. The minimum Gasteiger partial charge on any atom is -0.396 e. The summed E-state index contributed by atoms with van der Waals surface area (Å²) in [6.45, 7) is 7.68. The number of benzene rings is 1. The smallest absolute Gasteiger partial charge is 0.0451 e. The predicted octanol–water partition coefficient (Wildman–Crippen LogP) is 1.85. The number of aliphatic hydroxyl groups is 1. The Labute approximate surface area is 110 Å². The van der Waals surface area contributed by atoms with E-state index in [2.05, 4.69) is 42.3 Å². The summed E-state index contributed by atoms with van der Waals surface area (Å²) in [6.07, 6.45) is 2.00. The first-order valence-corrected chi connectivity index (χ1v) is 6.88. The zero-order valence-electron chi connectivity index (χ0n) is 11.4. The maximum atomic E-state index is 9.24. The Balaban J connectivity index is 2.28. The van der Waals surface area contributed by atoms with Crippen LogP contribution in [-0.4, -0.2) is 37.4 Å². The first-order chi connectivity index (χ1) is 8.72. The highest BCUT2D eigenvalue weighted by Gasteiger charge is 2.21. The zero-order chi connectivity index (χ0) is 13.0. The monoisotopic (exact) mass is 248 g/mol. The highest BCUT2D eigenvalue weighted by Crippen LogP contribution is 2.25. The third-order valence-corrected chi connectivity index (χ3v) is 3.71. The number of anilines is 1. The van der Waals surface area contributed by atoms with E-state index in [0.717, 1.165) is 32.5 Å². The second kappa shape index (κ2) is 6.21. The fraction of sp³-hybridized carbons (Fsp3) is 0.600. The molecule has 0 aliphatic carbocycles. The van der Waals surface area contributed by atoms with E-state index < -0.39 is 0 Å². The van der Waals surface area contributed by atoms with E-state index in [1.807, 2.05) is 0 Å². The summed E-state index contributed by atoms with van der Waals surface area (Å²) in [5.74, 6) is 0. The highest BCUT2D eigenvalue weighted by molar-refractivity contribution is 5.56. The molecule has 0 amide bonds. The lowest BCUT2D eigenvalue weighted by atomic mass is 10.1. The van der Waals surface area contributed by atoms with Crippen LogP contribution in [0.3, 0.4) is 0 Å². The number of aryl methyl sites for hydroxylation is 2. The Bertz CT molecular complexity index is 392. The molecule has 3 heteroatoms. The predicted molar refractivity (Wildman–Crippen MR) is 76.2 cm³/mol. The number of rotatable bonds is 3. The zero-order valence-corrected chi connectivity index (χ0v) is 11.4. The van der Waals surface area contributed by atoms with Crippen LogP contribution < -0.4 is 10.2 Å². The fourth-order valence-corrected chi connectivity index (χ4v) is 2.69. The van der Waals surface area contributed by atoms with Crippen molar-refractivity contribution in [2.24, 2.45) is 0 Å². The van der Waals surface area contributed by atoms with Crippen molar-refractivity contribution < 1.29 is 5.11 Å². The van der Waals surface area contributed by atoms with Gasteiger partial charge in [0.15, 0.2) is 0 Å². The van der Waals surface area contributed by atoms with Gasteiger partial charge in [0.1, 0.15) is 0 Å². The molecule has 1 fully saturated rings. The molecule has 1 aromatic rings. The maximum absolute atomic E-state index is 9.24. The van der Waals surface area contributed by atoms with Gasteiger partial charge in [-0.3, -0.25) is 0 Å². The lowest BCUT2D eigenvalue weighted by molar-refractivity contribution is 0.273. The Morgan fingerprint density at radius 3 is 3.00 bits per heavy atom. The van der Waals surface area contributed by atoms with Crippen LogP contribution >= 0.6 is 0 Å². The summed E-state index contributed by atoms with van der Waals surface area (Å²) in [5, 5.41) is 12.7. The van der Waals surface area contributed by atoms with Crippen molar-refractivity contribution >= 4 is 5.69 Å². The molecule has 1 saturated heterocycles. The normalized spacial score (nSPS) is 20.8. The summed E-state index contributed by atoms with van der Waals surface area (Å²) >= 11 is 0. The molecule has 0 bridgehead atoms. The van der Waals surface area contributed by atoms with Gasteiger partial charge in [0, 0.05) is 31.4 Å². The SMILES string of the molecule is Cc1ccc(C)c(N2CCCNCC2CCO)c1. The van der Waals surface area contributed by atoms with E-state index in [-0.39, 0.29) is 6.61 Å². The summed E-state index contributed by atoms with van der Waals surface area (Å²) in [7, 11) is 0. The van der Waals surface area contributed by atoms with E-state index in [1.165, 1.54) is 16.8 Å². The van der Waals surface area contributed by atoms with Crippen molar-refractivity contribution in [1.29, 1.82) is 0 Å². The minimum atomic E-state index is 0.258. The van der Waals surface area contributed by atoms with Gasteiger partial charge in [-0.1, -0.05) is 12.1 Å². The second-order valence-electron chi connectivity index (χ2n) is 5.21. The van der Waals surface area contributed by atoms with Crippen LogP contribution in [0.4, 0.5) is 5.69 Å². The molecule has 18 heavy (non-hydrogen) atoms. The summed E-state index contributed by atoms with van der Waals surface area (Å²) < 4.78 is 0. The van der Waals surface area contributed by atoms with Crippen molar-refractivity contribution in [3.8, 4) is 0 Å². The van der Waals surface area contributed by atoms with Crippen LogP contribution in [0.25, 0.3) is 0 Å². The number of aliphatic hydroxyl groups excluding tert-OH is 1. The molecule has 1 aromatic carbocycles. The molecule has 0 aromatic heterocycles. The van der Waals surface area contributed by atoms with Gasteiger partial charge in [0.05, 0.1) is 0 Å². The summed E-state index contributed by atoms with van der Waals surface area (Å²) in [4.78, 5) is 2.47. The van der Waals surface area contributed by atoms with Crippen LogP contribution in [0.2, 0.25) is 0 Å². The van der Waals surface area contributed by atoms with E-state index in [1.54, 1.807) is 0 Å². The Hall–Kier alpha value is -1.06. The van der Waals surface area contributed by atoms with E-state index in [9.17, 15) is 5.11 Å². The summed E-state index contributed by atoms with van der Waals surface area (Å²) in [5.41, 5.74) is 3.96.